The van der Waals surface area contributed by atoms with Crippen LogP contribution in [0.25, 0.3) is 89.2 Å². The highest BCUT2D eigenvalue weighted by Gasteiger charge is 2.37. The van der Waals surface area contributed by atoms with Crippen LogP contribution in [0.1, 0.15) is 11.5 Å². The molecule has 0 radical (unpaired) electrons. The SMILES string of the molecule is C1=CC2c3cc(-c4nc(-c5ccccc5)nc(-c5ccc6c(c5)oc5ccc(-c7cccc8oc9ccccc9c78)cc56)n4)ccc3N(c3ccccc3)C2C=C1. The highest BCUT2D eigenvalue weighted by atomic mass is 16.3. The second-order valence-corrected chi connectivity index (χ2v) is 14.7. The fourth-order valence-corrected chi connectivity index (χ4v) is 8.82. The van der Waals surface area contributed by atoms with Crippen molar-refractivity contribution < 1.29 is 8.83 Å². The molecule has 1 aliphatic carbocycles. The minimum Gasteiger partial charge on any atom is -0.456 e. The first-order valence-electron chi connectivity index (χ1n) is 19.3. The van der Waals surface area contributed by atoms with Crippen LogP contribution in [0.4, 0.5) is 11.4 Å². The summed E-state index contributed by atoms with van der Waals surface area (Å²) in [6.07, 6.45) is 8.89. The first-order chi connectivity index (χ1) is 28.2. The minimum absolute atomic E-state index is 0.197. The lowest BCUT2D eigenvalue weighted by Gasteiger charge is -2.28. The normalized spacial score (nSPS) is 15.9. The number of allylic oxidation sites excluding steroid dienone is 2. The second-order valence-electron chi connectivity index (χ2n) is 14.7. The van der Waals surface area contributed by atoms with Crippen LogP contribution in [0.2, 0.25) is 0 Å². The van der Waals surface area contributed by atoms with Gasteiger partial charge >= 0.3 is 0 Å². The number of aromatic nitrogens is 3. The molecule has 6 heteroatoms. The molecule has 10 aromatic rings. The Morgan fingerprint density at radius 2 is 1.11 bits per heavy atom. The lowest BCUT2D eigenvalue weighted by Crippen LogP contribution is -2.28. The molecule has 0 amide bonds. The molecule has 12 rings (SSSR count). The highest BCUT2D eigenvalue weighted by molar-refractivity contribution is 6.14. The Morgan fingerprint density at radius 3 is 1.96 bits per heavy atom. The maximum absolute atomic E-state index is 6.52. The monoisotopic (exact) mass is 732 g/mol. The van der Waals surface area contributed by atoms with Crippen LogP contribution in [0.5, 0.6) is 0 Å². The molecule has 2 atom stereocenters. The third-order valence-corrected chi connectivity index (χ3v) is 11.5. The number of benzene rings is 7. The lowest BCUT2D eigenvalue weighted by molar-refractivity contribution is 0.669. The standard InChI is InChI=1S/C51H32N4O2/c1-3-12-31(13-4-1)49-52-50(33-23-26-43-40(29-33)37-16-7-9-19-42(37)55(43)35-14-5-2-6-15-35)54-51(53-49)34-22-25-38-41-28-32(24-27-45(41)57-47(38)30-34)36-18-11-21-46-48(36)39-17-8-10-20-44(39)56-46/h1-30,37,42H. The van der Waals surface area contributed by atoms with Gasteiger partial charge in [-0.25, -0.2) is 15.0 Å². The summed E-state index contributed by atoms with van der Waals surface area (Å²) in [5.74, 6) is 2.05. The predicted molar refractivity (Wildman–Crippen MR) is 230 cm³/mol. The maximum Gasteiger partial charge on any atom is 0.164 e. The molecule has 7 aromatic carbocycles. The number of nitrogens with zero attached hydrogens (tertiary/aromatic N) is 4. The molecule has 0 saturated carbocycles. The fourth-order valence-electron chi connectivity index (χ4n) is 8.82. The van der Waals surface area contributed by atoms with Gasteiger partial charge in [-0.3, -0.25) is 0 Å². The molecule has 0 fully saturated rings. The summed E-state index contributed by atoms with van der Waals surface area (Å²) >= 11 is 0. The molecule has 0 N–H and O–H groups in total. The number of furan rings is 2. The van der Waals surface area contributed by atoms with E-state index in [2.05, 4.69) is 138 Å². The molecule has 3 aromatic heterocycles. The number of para-hydroxylation sites is 2. The van der Waals surface area contributed by atoms with E-state index in [1.807, 2.05) is 48.5 Å². The summed E-state index contributed by atoms with van der Waals surface area (Å²) in [5, 5.41) is 4.31. The van der Waals surface area contributed by atoms with Crippen LogP contribution in [0.15, 0.2) is 191 Å². The van der Waals surface area contributed by atoms with Gasteiger partial charge in [0, 0.05) is 55.5 Å². The summed E-state index contributed by atoms with van der Waals surface area (Å²) < 4.78 is 12.7. The highest BCUT2D eigenvalue weighted by Crippen LogP contribution is 2.49. The van der Waals surface area contributed by atoms with Crippen molar-refractivity contribution in [3.63, 3.8) is 0 Å². The smallest absolute Gasteiger partial charge is 0.164 e. The Labute approximate surface area is 327 Å². The second kappa shape index (κ2) is 12.5. The van der Waals surface area contributed by atoms with Gasteiger partial charge in [0.15, 0.2) is 17.5 Å². The van der Waals surface area contributed by atoms with Crippen LogP contribution >= 0.6 is 0 Å². The Balaban J connectivity index is 0.971. The molecule has 0 bridgehead atoms. The van der Waals surface area contributed by atoms with E-state index in [0.717, 1.165) is 71.7 Å². The van der Waals surface area contributed by atoms with Crippen molar-refractivity contribution in [2.75, 3.05) is 4.90 Å². The average Bonchev–Trinajstić information content (AvgIpc) is 3.95. The summed E-state index contributed by atoms with van der Waals surface area (Å²) in [5.41, 5.74) is 12.0. The molecular formula is C51H32N4O2. The van der Waals surface area contributed by atoms with Crippen molar-refractivity contribution in [3.05, 3.63) is 188 Å². The van der Waals surface area contributed by atoms with Gasteiger partial charge in [-0.2, -0.15) is 0 Å². The van der Waals surface area contributed by atoms with E-state index in [9.17, 15) is 0 Å². The fraction of sp³-hybridized carbons (Fsp3) is 0.0392. The van der Waals surface area contributed by atoms with Gasteiger partial charge in [0.25, 0.3) is 0 Å². The first-order valence-corrected chi connectivity index (χ1v) is 19.3. The van der Waals surface area contributed by atoms with Crippen molar-refractivity contribution >= 4 is 55.3 Å². The summed E-state index contributed by atoms with van der Waals surface area (Å²) in [6.45, 7) is 0. The van der Waals surface area contributed by atoms with Crippen molar-refractivity contribution in [1.29, 1.82) is 0 Å². The van der Waals surface area contributed by atoms with Gasteiger partial charge in [-0.05, 0) is 83.4 Å². The largest absolute Gasteiger partial charge is 0.456 e. The molecule has 0 spiro atoms. The Morgan fingerprint density at radius 1 is 0.439 bits per heavy atom. The van der Waals surface area contributed by atoms with Gasteiger partial charge in [0.1, 0.15) is 22.3 Å². The van der Waals surface area contributed by atoms with Crippen LogP contribution in [0.3, 0.4) is 0 Å². The zero-order valence-corrected chi connectivity index (χ0v) is 30.6. The Hall–Kier alpha value is -7.57. The number of fused-ring (bicyclic) bond motifs is 9. The molecule has 57 heavy (non-hydrogen) atoms. The van der Waals surface area contributed by atoms with E-state index >= 15 is 0 Å². The Kier molecular flexibility index (Phi) is 6.95. The Bertz CT molecular complexity index is 3270. The van der Waals surface area contributed by atoms with Crippen molar-refractivity contribution in [2.45, 2.75) is 12.0 Å². The van der Waals surface area contributed by atoms with Crippen LogP contribution in [-0.4, -0.2) is 21.0 Å². The molecular weight excluding hydrogens is 701 g/mol. The molecule has 268 valence electrons. The molecule has 0 saturated heterocycles. The van der Waals surface area contributed by atoms with Crippen LogP contribution in [-0.2, 0) is 0 Å². The van der Waals surface area contributed by atoms with Crippen molar-refractivity contribution in [2.24, 2.45) is 0 Å². The van der Waals surface area contributed by atoms with Gasteiger partial charge in [0.2, 0.25) is 0 Å². The molecule has 2 unspecified atom stereocenters. The van der Waals surface area contributed by atoms with E-state index < -0.39 is 0 Å². The van der Waals surface area contributed by atoms with Crippen LogP contribution in [0, 0.1) is 0 Å². The number of hydrogen-bond acceptors (Lipinski definition) is 6. The van der Waals surface area contributed by atoms with Gasteiger partial charge in [-0.1, -0.05) is 115 Å². The van der Waals surface area contributed by atoms with Crippen molar-refractivity contribution in [3.8, 4) is 45.3 Å². The topological polar surface area (TPSA) is 68.2 Å². The third kappa shape index (κ3) is 5.07. The molecule has 6 nitrogen and oxygen atoms in total. The first kappa shape index (κ1) is 31.7. The summed E-state index contributed by atoms with van der Waals surface area (Å²) in [6, 6.07) is 54.7. The minimum atomic E-state index is 0.197. The van der Waals surface area contributed by atoms with E-state index in [1.165, 1.54) is 16.9 Å². The zero-order valence-electron chi connectivity index (χ0n) is 30.6. The summed E-state index contributed by atoms with van der Waals surface area (Å²) in [7, 11) is 0. The van der Waals surface area contributed by atoms with E-state index in [1.54, 1.807) is 0 Å². The molecule has 1 aliphatic heterocycles. The van der Waals surface area contributed by atoms with Crippen molar-refractivity contribution in [1.82, 2.24) is 15.0 Å². The third-order valence-electron chi connectivity index (χ3n) is 11.5. The maximum atomic E-state index is 6.52. The quantitative estimate of drug-likeness (QED) is 0.175. The number of anilines is 2. The number of rotatable bonds is 5. The van der Waals surface area contributed by atoms with Gasteiger partial charge in [-0.15, -0.1) is 0 Å². The van der Waals surface area contributed by atoms with Gasteiger partial charge < -0.3 is 13.7 Å². The van der Waals surface area contributed by atoms with Crippen LogP contribution < -0.4 is 4.90 Å². The van der Waals surface area contributed by atoms with Gasteiger partial charge in [0.05, 0.1) is 6.04 Å². The predicted octanol–water partition coefficient (Wildman–Crippen LogP) is 13.1. The van der Waals surface area contributed by atoms with E-state index in [4.69, 9.17) is 23.8 Å². The summed E-state index contributed by atoms with van der Waals surface area (Å²) in [4.78, 5) is 17.7. The van der Waals surface area contributed by atoms with E-state index in [0.29, 0.717) is 17.5 Å². The molecule has 2 aliphatic rings. The lowest BCUT2D eigenvalue weighted by atomic mass is 9.90. The molecule has 4 heterocycles. The van der Waals surface area contributed by atoms with E-state index in [-0.39, 0.29) is 12.0 Å². The number of hydrogen-bond donors (Lipinski definition) is 0. The average molecular weight is 733 g/mol. The zero-order chi connectivity index (χ0) is 37.5.